The second-order valence-electron chi connectivity index (χ2n) is 11.8. The molecule has 0 bridgehead atoms. The molecule has 34 heavy (non-hydrogen) atoms. The molecule has 2 N–H and O–H groups in total. The predicted octanol–water partition coefficient (Wildman–Crippen LogP) is 6.13. The van der Waals surface area contributed by atoms with Crippen molar-refractivity contribution in [3.8, 4) is 11.3 Å². The number of rotatable bonds is 8. The number of benzene rings is 1. The Labute approximate surface area is 207 Å². The Hall–Kier alpha value is -1.91. The molecule has 4 heteroatoms. The van der Waals surface area contributed by atoms with E-state index in [-0.39, 0.29) is 10.8 Å². The Bertz CT molecular complexity index is 956. The minimum absolute atomic E-state index is 0.214. The lowest BCUT2D eigenvalue weighted by Gasteiger charge is -2.42. The van der Waals surface area contributed by atoms with Gasteiger partial charge in [0.25, 0.3) is 0 Å². The van der Waals surface area contributed by atoms with Crippen LogP contribution in [0.25, 0.3) is 11.3 Å². The maximum atomic E-state index is 6.13. The van der Waals surface area contributed by atoms with Gasteiger partial charge in [-0.2, -0.15) is 0 Å². The second kappa shape index (κ2) is 10.4. The van der Waals surface area contributed by atoms with Gasteiger partial charge >= 0.3 is 0 Å². The molecule has 1 aromatic carbocycles. The Kier molecular flexibility index (Phi) is 7.69. The largest absolute Gasteiger partial charge is 0.354 e. The first-order valence-electron chi connectivity index (χ1n) is 13.6. The predicted molar refractivity (Wildman–Crippen MR) is 146 cm³/mol. The fourth-order valence-corrected chi connectivity index (χ4v) is 5.90. The highest BCUT2D eigenvalue weighted by Crippen LogP contribution is 2.46. The number of nitrogens with zero attached hydrogens (tertiary/aromatic N) is 3. The van der Waals surface area contributed by atoms with Gasteiger partial charge in [-0.1, -0.05) is 72.1 Å². The van der Waals surface area contributed by atoms with Gasteiger partial charge in [0.2, 0.25) is 0 Å². The summed E-state index contributed by atoms with van der Waals surface area (Å²) in [6, 6.07) is 14.1. The molecule has 2 heterocycles. The van der Waals surface area contributed by atoms with E-state index in [1.165, 1.54) is 55.2 Å². The van der Waals surface area contributed by atoms with Crippen LogP contribution in [-0.4, -0.2) is 48.6 Å². The lowest BCUT2D eigenvalue weighted by atomic mass is 9.63. The van der Waals surface area contributed by atoms with Gasteiger partial charge in [0.1, 0.15) is 5.82 Å². The molecule has 1 aromatic heterocycles. The molecule has 1 aliphatic carbocycles. The lowest BCUT2D eigenvalue weighted by molar-refractivity contribution is 0.177. The van der Waals surface area contributed by atoms with Crippen LogP contribution in [0.2, 0.25) is 0 Å². The monoisotopic (exact) mass is 462 g/mol. The molecular formula is C30H46N4. The Morgan fingerprint density at radius 2 is 1.62 bits per heavy atom. The van der Waals surface area contributed by atoms with Gasteiger partial charge in [-0.25, -0.2) is 4.98 Å². The number of unbranched alkanes of at least 4 members (excludes halogenated alkanes) is 2. The summed E-state index contributed by atoms with van der Waals surface area (Å²) in [7, 11) is 0. The highest BCUT2D eigenvalue weighted by atomic mass is 15.3. The van der Waals surface area contributed by atoms with Crippen LogP contribution in [0.4, 0.5) is 5.82 Å². The summed E-state index contributed by atoms with van der Waals surface area (Å²) < 4.78 is 0. The van der Waals surface area contributed by atoms with Crippen molar-refractivity contribution in [2.75, 3.05) is 37.6 Å². The van der Waals surface area contributed by atoms with Gasteiger partial charge in [0.05, 0.1) is 5.69 Å². The van der Waals surface area contributed by atoms with E-state index in [9.17, 15) is 0 Å². The van der Waals surface area contributed by atoms with Crippen LogP contribution < -0.4 is 10.6 Å². The number of fused-ring (bicyclic) bond motifs is 1. The molecule has 2 aliphatic rings. The van der Waals surface area contributed by atoms with Gasteiger partial charge in [-0.3, -0.25) is 4.90 Å². The minimum Gasteiger partial charge on any atom is -0.354 e. The number of piperazine rings is 1. The number of nitrogens with two attached hydrogens (primary N) is 1. The molecule has 1 aliphatic heterocycles. The molecule has 1 atom stereocenters. The minimum atomic E-state index is 0.214. The average molecular weight is 463 g/mol. The summed E-state index contributed by atoms with van der Waals surface area (Å²) in [6.45, 7) is 16.8. The Balaban J connectivity index is 1.48. The summed E-state index contributed by atoms with van der Waals surface area (Å²) in [6.07, 6.45) is 7.57. The van der Waals surface area contributed by atoms with E-state index >= 15 is 0 Å². The average Bonchev–Trinajstić information content (AvgIpc) is 2.85. The summed E-state index contributed by atoms with van der Waals surface area (Å²) >= 11 is 0. The van der Waals surface area contributed by atoms with Crippen molar-refractivity contribution in [1.82, 2.24) is 9.88 Å². The zero-order valence-electron chi connectivity index (χ0n) is 22.2. The highest BCUT2D eigenvalue weighted by molar-refractivity contribution is 5.65. The topological polar surface area (TPSA) is 45.4 Å². The summed E-state index contributed by atoms with van der Waals surface area (Å²) in [5, 5.41) is 0. The zero-order valence-corrected chi connectivity index (χ0v) is 22.2. The van der Waals surface area contributed by atoms with E-state index in [2.05, 4.69) is 80.8 Å². The van der Waals surface area contributed by atoms with E-state index in [4.69, 9.17) is 10.7 Å². The van der Waals surface area contributed by atoms with Crippen molar-refractivity contribution in [1.29, 1.82) is 0 Å². The van der Waals surface area contributed by atoms with Crippen molar-refractivity contribution in [3.05, 3.63) is 47.5 Å². The number of aromatic nitrogens is 1. The van der Waals surface area contributed by atoms with E-state index in [1.807, 2.05) is 0 Å². The third-order valence-corrected chi connectivity index (χ3v) is 8.45. The normalized spacial score (nSPS) is 20.7. The van der Waals surface area contributed by atoms with Gasteiger partial charge in [0.15, 0.2) is 0 Å². The van der Waals surface area contributed by atoms with Crippen LogP contribution in [0, 0.1) is 0 Å². The maximum absolute atomic E-state index is 6.13. The number of hydrogen-bond acceptors (Lipinski definition) is 4. The first-order chi connectivity index (χ1) is 16.2. The maximum Gasteiger partial charge on any atom is 0.129 e. The van der Waals surface area contributed by atoms with Gasteiger partial charge in [-0.05, 0) is 59.4 Å². The standard InChI is InChI=1S/C30H46N4/c1-6-7-8-10-24(22-31)33-17-19-34(20-18-33)28-12-9-11-27(32-28)23-13-14-25-26(21-23)30(4,5)16-15-29(25,2)3/h9,11-14,21,24H,6-8,10,15-20,22,31H2,1-5H3. The van der Waals surface area contributed by atoms with Crippen LogP contribution in [0.1, 0.15) is 84.3 Å². The third kappa shape index (κ3) is 5.33. The van der Waals surface area contributed by atoms with Crippen molar-refractivity contribution in [2.24, 2.45) is 5.73 Å². The Morgan fingerprint density at radius 3 is 2.29 bits per heavy atom. The van der Waals surface area contributed by atoms with E-state index < -0.39 is 0 Å². The quantitative estimate of drug-likeness (QED) is 0.480. The SMILES string of the molecule is CCCCCC(CN)N1CCN(c2cccc(-c3ccc4c(c3)C(C)(C)CCC4(C)C)n2)CC1. The van der Waals surface area contributed by atoms with Crippen molar-refractivity contribution >= 4 is 5.82 Å². The van der Waals surface area contributed by atoms with E-state index in [0.717, 1.165) is 44.2 Å². The van der Waals surface area contributed by atoms with Crippen molar-refractivity contribution < 1.29 is 0 Å². The summed E-state index contributed by atoms with van der Waals surface area (Å²) in [4.78, 5) is 10.2. The van der Waals surface area contributed by atoms with Crippen LogP contribution in [0.15, 0.2) is 36.4 Å². The van der Waals surface area contributed by atoms with Gasteiger partial charge in [-0.15, -0.1) is 0 Å². The molecule has 4 nitrogen and oxygen atoms in total. The smallest absolute Gasteiger partial charge is 0.129 e. The zero-order chi connectivity index (χ0) is 24.3. The first-order valence-corrected chi connectivity index (χ1v) is 13.6. The molecule has 0 amide bonds. The van der Waals surface area contributed by atoms with Gasteiger partial charge in [0, 0.05) is 44.3 Å². The second-order valence-corrected chi connectivity index (χ2v) is 11.8. The molecule has 2 aromatic rings. The molecule has 0 spiro atoms. The van der Waals surface area contributed by atoms with Crippen LogP contribution in [0.3, 0.4) is 0 Å². The van der Waals surface area contributed by atoms with Crippen LogP contribution >= 0.6 is 0 Å². The molecule has 186 valence electrons. The molecule has 4 rings (SSSR count). The van der Waals surface area contributed by atoms with Gasteiger partial charge < -0.3 is 10.6 Å². The van der Waals surface area contributed by atoms with Crippen molar-refractivity contribution in [3.63, 3.8) is 0 Å². The van der Waals surface area contributed by atoms with Crippen LogP contribution in [0.5, 0.6) is 0 Å². The van der Waals surface area contributed by atoms with Crippen LogP contribution in [-0.2, 0) is 10.8 Å². The van der Waals surface area contributed by atoms with E-state index in [1.54, 1.807) is 0 Å². The molecular weight excluding hydrogens is 416 g/mol. The third-order valence-electron chi connectivity index (χ3n) is 8.45. The summed E-state index contributed by atoms with van der Waals surface area (Å²) in [5.74, 6) is 1.10. The fourth-order valence-electron chi connectivity index (χ4n) is 5.90. The molecule has 1 unspecified atom stereocenters. The molecule has 1 saturated heterocycles. The summed E-state index contributed by atoms with van der Waals surface area (Å²) in [5.41, 5.74) is 11.9. The number of anilines is 1. The fraction of sp³-hybridized carbons (Fsp3) is 0.633. The Morgan fingerprint density at radius 1 is 0.912 bits per heavy atom. The number of hydrogen-bond donors (Lipinski definition) is 1. The molecule has 1 fully saturated rings. The highest BCUT2D eigenvalue weighted by Gasteiger charge is 2.37. The number of pyridine rings is 1. The van der Waals surface area contributed by atoms with E-state index in [0.29, 0.717) is 6.04 Å². The first kappa shape index (κ1) is 25.2. The van der Waals surface area contributed by atoms with Crippen molar-refractivity contribution in [2.45, 2.75) is 90.0 Å². The lowest BCUT2D eigenvalue weighted by Crippen LogP contribution is -2.52. The molecule has 0 radical (unpaired) electrons. The molecule has 0 saturated carbocycles.